The van der Waals surface area contributed by atoms with Crippen molar-refractivity contribution < 1.29 is 19.0 Å². The molecular formula is C13H20N2O4. The normalized spacial score (nSPS) is 11.6. The van der Waals surface area contributed by atoms with Gasteiger partial charge in [-0.1, -0.05) is 12.1 Å². The van der Waals surface area contributed by atoms with Gasteiger partial charge < -0.3 is 25.3 Å². The number of ether oxygens (including phenoxy) is 3. The average molecular weight is 268 g/mol. The number of nitrogens with one attached hydrogen (secondary N) is 1. The molecule has 19 heavy (non-hydrogen) atoms. The Labute approximate surface area is 112 Å². The number of carbonyl (C=O) groups excluding carboxylic acids is 1. The summed E-state index contributed by atoms with van der Waals surface area (Å²) >= 11 is 0. The molecule has 0 fully saturated rings. The number of hydrogen-bond donors (Lipinski definition) is 2. The number of rotatable bonds is 6. The Balaban J connectivity index is 3.00. The first-order valence-electron chi connectivity index (χ1n) is 6.02. The third-order valence-corrected chi connectivity index (χ3v) is 2.61. The molecule has 0 bridgehead atoms. The van der Waals surface area contributed by atoms with Crippen molar-refractivity contribution in [3.63, 3.8) is 0 Å². The summed E-state index contributed by atoms with van der Waals surface area (Å²) in [6.07, 6.45) is -0.511. The first-order chi connectivity index (χ1) is 9.17. The van der Waals surface area contributed by atoms with Crippen LogP contribution in [0.1, 0.15) is 18.5 Å². The molecule has 6 heteroatoms. The molecule has 1 aromatic carbocycles. The van der Waals surface area contributed by atoms with E-state index >= 15 is 0 Å². The minimum absolute atomic E-state index is 0.225. The van der Waals surface area contributed by atoms with Gasteiger partial charge in [0.1, 0.15) is 0 Å². The lowest BCUT2D eigenvalue weighted by molar-refractivity contribution is 0.148. The van der Waals surface area contributed by atoms with Crippen LogP contribution in [0.4, 0.5) is 4.79 Å². The number of amides is 1. The third kappa shape index (κ3) is 3.75. The number of benzene rings is 1. The molecule has 0 spiro atoms. The van der Waals surface area contributed by atoms with E-state index in [9.17, 15) is 4.79 Å². The first-order valence-corrected chi connectivity index (χ1v) is 6.02. The lowest BCUT2D eigenvalue weighted by Crippen LogP contribution is -2.34. The highest BCUT2D eigenvalue weighted by molar-refractivity contribution is 5.68. The van der Waals surface area contributed by atoms with Crippen molar-refractivity contribution in [3.8, 4) is 11.5 Å². The Morgan fingerprint density at radius 2 is 2.11 bits per heavy atom. The lowest BCUT2D eigenvalue weighted by atomic mass is 10.1. The van der Waals surface area contributed by atoms with Crippen molar-refractivity contribution in [2.75, 3.05) is 27.4 Å². The maximum Gasteiger partial charge on any atom is 0.407 e. The van der Waals surface area contributed by atoms with Gasteiger partial charge in [0, 0.05) is 12.1 Å². The van der Waals surface area contributed by atoms with Gasteiger partial charge in [-0.25, -0.2) is 4.79 Å². The van der Waals surface area contributed by atoms with Crippen LogP contribution >= 0.6 is 0 Å². The van der Waals surface area contributed by atoms with E-state index in [0.717, 1.165) is 5.56 Å². The van der Waals surface area contributed by atoms with Gasteiger partial charge in [-0.3, -0.25) is 0 Å². The third-order valence-electron chi connectivity index (χ3n) is 2.61. The summed E-state index contributed by atoms with van der Waals surface area (Å²) in [6, 6.07) is 5.02. The van der Waals surface area contributed by atoms with Gasteiger partial charge in [0.2, 0.25) is 0 Å². The van der Waals surface area contributed by atoms with Gasteiger partial charge in [0.15, 0.2) is 11.5 Å². The summed E-state index contributed by atoms with van der Waals surface area (Å²) in [6.45, 7) is 2.27. The minimum atomic E-state index is -0.511. The molecule has 0 aliphatic rings. The maximum atomic E-state index is 11.5. The number of methoxy groups -OCH3 is 2. The fourth-order valence-electron chi connectivity index (χ4n) is 1.77. The van der Waals surface area contributed by atoms with Crippen molar-refractivity contribution in [3.05, 3.63) is 23.8 Å². The number of nitrogens with two attached hydrogens (primary N) is 1. The van der Waals surface area contributed by atoms with Gasteiger partial charge in [-0.2, -0.15) is 0 Å². The summed E-state index contributed by atoms with van der Waals surface area (Å²) in [7, 11) is 3.09. The van der Waals surface area contributed by atoms with E-state index in [4.69, 9.17) is 19.9 Å². The maximum absolute atomic E-state index is 11.5. The molecule has 3 N–H and O–H groups in total. The zero-order valence-corrected chi connectivity index (χ0v) is 11.4. The van der Waals surface area contributed by atoms with Crippen LogP contribution < -0.4 is 20.5 Å². The molecule has 6 nitrogen and oxygen atoms in total. The van der Waals surface area contributed by atoms with Crippen molar-refractivity contribution in [1.82, 2.24) is 5.32 Å². The summed E-state index contributed by atoms with van der Waals surface area (Å²) in [4.78, 5) is 11.5. The lowest BCUT2D eigenvalue weighted by Gasteiger charge is -2.20. The fraction of sp³-hybridized carbons (Fsp3) is 0.462. The minimum Gasteiger partial charge on any atom is -0.493 e. The van der Waals surface area contributed by atoms with Crippen LogP contribution in [0.2, 0.25) is 0 Å². The summed E-state index contributed by atoms with van der Waals surface area (Å²) in [5.74, 6) is 1.14. The first kappa shape index (κ1) is 15.1. The highest BCUT2D eigenvalue weighted by Crippen LogP contribution is 2.34. The van der Waals surface area contributed by atoms with E-state index in [1.54, 1.807) is 27.2 Å². The van der Waals surface area contributed by atoms with Gasteiger partial charge in [-0.05, 0) is 13.0 Å². The quantitative estimate of drug-likeness (QED) is 0.816. The monoisotopic (exact) mass is 268 g/mol. The molecule has 106 valence electrons. The summed E-state index contributed by atoms with van der Waals surface area (Å²) in [5.41, 5.74) is 6.45. The van der Waals surface area contributed by atoms with Crippen LogP contribution in [0.15, 0.2) is 18.2 Å². The van der Waals surface area contributed by atoms with Gasteiger partial charge in [0.25, 0.3) is 0 Å². The molecule has 1 aromatic rings. The Hall–Kier alpha value is -1.95. The topological polar surface area (TPSA) is 82.8 Å². The largest absolute Gasteiger partial charge is 0.493 e. The molecule has 1 amide bonds. The number of para-hydroxylation sites is 1. The molecule has 1 unspecified atom stereocenters. The van der Waals surface area contributed by atoms with E-state index in [-0.39, 0.29) is 6.54 Å². The number of alkyl carbamates (subject to hydrolysis) is 1. The average Bonchev–Trinajstić information content (AvgIpc) is 2.44. The Bertz CT molecular complexity index is 423. The molecule has 0 aliphatic carbocycles. The van der Waals surface area contributed by atoms with Crippen LogP contribution in [0, 0.1) is 0 Å². The number of carbonyl (C=O) groups is 1. The molecule has 0 heterocycles. The highest BCUT2D eigenvalue weighted by atomic mass is 16.5. The standard InChI is InChI=1S/C13H20N2O4/c1-4-19-13(16)15-10(8-14)9-6-5-7-11(17-2)12(9)18-3/h5-7,10H,4,8,14H2,1-3H3,(H,15,16). The van der Waals surface area contributed by atoms with Gasteiger partial charge in [0.05, 0.1) is 26.9 Å². The molecular weight excluding hydrogens is 248 g/mol. The Morgan fingerprint density at radius 3 is 2.63 bits per heavy atom. The van der Waals surface area contributed by atoms with Crippen molar-refractivity contribution in [2.45, 2.75) is 13.0 Å². The van der Waals surface area contributed by atoms with E-state index < -0.39 is 12.1 Å². The molecule has 0 aliphatic heterocycles. The zero-order valence-electron chi connectivity index (χ0n) is 11.4. The van der Waals surface area contributed by atoms with Crippen LogP contribution in [-0.2, 0) is 4.74 Å². The highest BCUT2D eigenvalue weighted by Gasteiger charge is 2.20. The van der Waals surface area contributed by atoms with Gasteiger partial charge >= 0.3 is 6.09 Å². The van der Waals surface area contributed by atoms with Gasteiger partial charge in [-0.15, -0.1) is 0 Å². The van der Waals surface area contributed by atoms with Crippen molar-refractivity contribution >= 4 is 6.09 Å². The van der Waals surface area contributed by atoms with E-state index in [2.05, 4.69) is 5.32 Å². The molecule has 0 aromatic heterocycles. The second kappa shape index (κ2) is 7.48. The molecule has 1 rings (SSSR count). The van der Waals surface area contributed by atoms with E-state index in [0.29, 0.717) is 18.1 Å². The van der Waals surface area contributed by atoms with Crippen molar-refractivity contribution in [2.24, 2.45) is 5.73 Å². The Morgan fingerprint density at radius 1 is 1.37 bits per heavy atom. The Kier molecular flexibility index (Phi) is 5.95. The SMILES string of the molecule is CCOC(=O)NC(CN)c1cccc(OC)c1OC. The zero-order chi connectivity index (χ0) is 14.3. The predicted molar refractivity (Wildman–Crippen MR) is 71.5 cm³/mol. The fourth-order valence-corrected chi connectivity index (χ4v) is 1.77. The van der Waals surface area contributed by atoms with Crippen LogP contribution in [-0.4, -0.2) is 33.5 Å². The van der Waals surface area contributed by atoms with Crippen LogP contribution in [0.25, 0.3) is 0 Å². The van der Waals surface area contributed by atoms with Crippen LogP contribution in [0.5, 0.6) is 11.5 Å². The molecule has 0 saturated carbocycles. The molecule has 1 atom stereocenters. The summed E-state index contributed by atoms with van der Waals surface area (Å²) < 4.78 is 15.4. The second-order valence-corrected chi connectivity index (χ2v) is 3.74. The van der Waals surface area contributed by atoms with E-state index in [1.165, 1.54) is 0 Å². The van der Waals surface area contributed by atoms with Crippen molar-refractivity contribution in [1.29, 1.82) is 0 Å². The second-order valence-electron chi connectivity index (χ2n) is 3.74. The predicted octanol–water partition coefficient (Wildman–Crippen LogP) is 1.45. The smallest absolute Gasteiger partial charge is 0.407 e. The summed E-state index contributed by atoms with van der Waals surface area (Å²) in [5, 5.41) is 2.69. The van der Waals surface area contributed by atoms with Crippen LogP contribution in [0.3, 0.4) is 0 Å². The number of hydrogen-bond acceptors (Lipinski definition) is 5. The van der Waals surface area contributed by atoms with E-state index in [1.807, 2.05) is 12.1 Å². The molecule has 0 saturated heterocycles. The molecule has 0 radical (unpaired) electrons.